The fourth-order valence-corrected chi connectivity index (χ4v) is 2.04. The Morgan fingerprint density at radius 3 is 2.38 bits per heavy atom. The van der Waals surface area contributed by atoms with E-state index in [-0.39, 0.29) is 6.04 Å². The van der Waals surface area contributed by atoms with Crippen molar-refractivity contribution >= 4 is 34.8 Å². The molecule has 0 fully saturated rings. The molecule has 0 saturated heterocycles. The Morgan fingerprint density at radius 1 is 1.19 bits per heavy atom. The maximum absolute atomic E-state index is 9.17. The number of aliphatic hydroxyl groups is 1. The fraction of sp³-hybridized carbons (Fsp3) is 0.455. The summed E-state index contributed by atoms with van der Waals surface area (Å²) in [7, 11) is 0. The smallest absolute Gasteiger partial charge is 0.0781 e. The van der Waals surface area contributed by atoms with E-state index < -0.39 is 6.10 Å². The van der Waals surface area contributed by atoms with Crippen molar-refractivity contribution in [2.45, 2.75) is 26.0 Å². The summed E-state index contributed by atoms with van der Waals surface area (Å²) in [6.45, 7) is 4.17. The van der Waals surface area contributed by atoms with Gasteiger partial charge >= 0.3 is 0 Å². The van der Waals surface area contributed by atoms with E-state index in [0.717, 1.165) is 5.56 Å². The molecule has 1 aromatic rings. The summed E-state index contributed by atoms with van der Waals surface area (Å²) >= 11 is 17.9. The molecule has 0 radical (unpaired) electrons. The SMILES string of the molecule is CC(NC[C@@H](C)O)c1ccc(Cl)c(Cl)c1Cl. The molecule has 2 nitrogen and oxygen atoms in total. The summed E-state index contributed by atoms with van der Waals surface area (Å²) in [5, 5.41) is 13.6. The van der Waals surface area contributed by atoms with Crippen LogP contribution in [0, 0.1) is 0 Å². The maximum Gasteiger partial charge on any atom is 0.0781 e. The lowest BCUT2D eigenvalue weighted by Crippen LogP contribution is -2.27. The molecule has 0 aliphatic heterocycles. The topological polar surface area (TPSA) is 32.3 Å². The molecule has 0 heterocycles. The number of halogens is 3. The highest BCUT2D eigenvalue weighted by atomic mass is 35.5. The number of rotatable bonds is 4. The average molecular weight is 283 g/mol. The number of hydrogen-bond donors (Lipinski definition) is 2. The highest BCUT2D eigenvalue weighted by molar-refractivity contribution is 6.48. The second-order valence-corrected chi connectivity index (χ2v) is 4.91. The van der Waals surface area contributed by atoms with Crippen molar-refractivity contribution < 1.29 is 5.11 Å². The first-order valence-electron chi connectivity index (χ1n) is 4.98. The van der Waals surface area contributed by atoms with Crippen molar-refractivity contribution in [1.29, 1.82) is 0 Å². The van der Waals surface area contributed by atoms with E-state index in [4.69, 9.17) is 34.8 Å². The third-order valence-electron chi connectivity index (χ3n) is 2.25. The predicted octanol–water partition coefficient (Wildman–Crippen LogP) is 3.68. The van der Waals surface area contributed by atoms with E-state index >= 15 is 0 Å². The summed E-state index contributed by atoms with van der Waals surface area (Å²) in [4.78, 5) is 0. The number of hydrogen-bond acceptors (Lipinski definition) is 2. The highest BCUT2D eigenvalue weighted by Crippen LogP contribution is 2.35. The average Bonchev–Trinajstić information content (AvgIpc) is 2.23. The van der Waals surface area contributed by atoms with Gasteiger partial charge in [-0.05, 0) is 25.5 Å². The number of benzene rings is 1. The first kappa shape index (κ1) is 14.1. The van der Waals surface area contributed by atoms with Gasteiger partial charge in [0.05, 0.1) is 21.2 Å². The van der Waals surface area contributed by atoms with Crippen LogP contribution in [0.4, 0.5) is 0 Å². The zero-order chi connectivity index (χ0) is 12.3. The molecule has 16 heavy (non-hydrogen) atoms. The van der Waals surface area contributed by atoms with E-state index in [1.807, 2.05) is 13.0 Å². The van der Waals surface area contributed by atoms with Gasteiger partial charge in [-0.15, -0.1) is 0 Å². The maximum atomic E-state index is 9.17. The molecule has 0 amide bonds. The second-order valence-electron chi connectivity index (χ2n) is 3.74. The van der Waals surface area contributed by atoms with Crippen LogP contribution in [0.15, 0.2) is 12.1 Å². The van der Waals surface area contributed by atoms with Crippen molar-refractivity contribution in [2.75, 3.05) is 6.54 Å². The minimum atomic E-state index is -0.399. The van der Waals surface area contributed by atoms with Gasteiger partial charge < -0.3 is 10.4 Å². The van der Waals surface area contributed by atoms with Crippen molar-refractivity contribution in [1.82, 2.24) is 5.32 Å². The van der Waals surface area contributed by atoms with Crippen LogP contribution in [0.3, 0.4) is 0 Å². The van der Waals surface area contributed by atoms with Crippen molar-refractivity contribution in [3.05, 3.63) is 32.8 Å². The molecule has 2 N–H and O–H groups in total. The van der Waals surface area contributed by atoms with Crippen LogP contribution in [-0.2, 0) is 0 Å². The van der Waals surface area contributed by atoms with Crippen LogP contribution in [0.1, 0.15) is 25.5 Å². The van der Waals surface area contributed by atoms with Gasteiger partial charge in [0.2, 0.25) is 0 Å². The zero-order valence-corrected chi connectivity index (χ0v) is 11.4. The van der Waals surface area contributed by atoms with Crippen LogP contribution in [0.2, 0.25) is 15.1 Å². The second kappa shape index (κ2) is 6.08. The molecule has 1 rings (SSSR count). The summed E-state index contributed by atoms with van der Waals surface area (Å²) in [5.41, 5.74) is 0.872. The first-order valence-corrected chi connectivity index (χ1v) is 6.11. The molecular formula is C11H14Cl3NO. The van der Waals surface area contributed by atoms with E-state index in [0.29, 0.717) is 21.6 Å². The molecular weight excluding hydrogens is 268 g/mol. The normalized spacial score (nSPS) is 14.9. The van der Waals surface area contributed by atoms with Gasteiger partial charge in [-0.25, -0.2) is 0 Å². The van der Waals surface area contributed by atoms with Gasteiger partial charge in [0.25, 0.3) is 0 Å². The monoisotopic (exact) mass is 281 g/mol. The molecule has 0 saturated carbocycles. The lowest BCUT2D eigenvalue weighted by molar-refractivity contribution is 0.187. The van der Waals surface area contributed by atoms with Gasteiger partial charge in [-0.1, -0.05) is 40.9 Å². The van der Waals surface area contributed by atoms with E-state index in [9.17, 15) is 5.11 Å². The Labute approximate surface area is 111 Å². The number of aliphatic hydroxyl groups excluding tert-OH is 1. The Bertz CT molecular complexity index is 368. The fourth-order valence-electron chi connectivity index (χ4n) is 1.33. The Hall–Kier alpha value is 0.01000. The Morgan fingerprint density at radius 2 is 1.81 bits per heavy atom. The van der Waals surface area contributed by atoms with Crippen LogP contribution in [-0.4, -0.2) is 17.8 Å². The van der Waals surface area contributed by atoms with Crippen LogP contribution >= 0.6 is 34.8 Å². The summed E-state index contributed by atoms with van der Waals surface area (Å²) < 4.78 is 0. The molecule has 0 aliphatic rings. The van der Waals surface area contributed by atoms with Crippen molar-refractivity contribution in [2.24, 2.45) is 0 Å². The minimum Gasteiger partial charge on any atom is -0.392 e. The minimum absolute atomic E-state index is 0.0110. The summed E-state index contributed by atoms with van der Waals surface area (Å²) in [6, 6.07) is 3.55. The largest absolute Gasteiger partial charge is 0.392 e. The van der Waals surface area contributed by atoms with Crippen molar-refractivity contribution in [3.8, 4) is 0 Å². The molecule has 0 spiro atoms. The standard InChI is InChI=1S/C11H14Cl3NO/c1-6(16)5-15-7(2)8-3-4-9(12)11(14)10(8)13/h3-4,6-7,15-16H,5H2,1-2H3/t6-,7?/m1/s1. The summed E-state index contributed by atoms with van der Waals surface area (Å²) in [6.07, 6.45) is -0.399. The van der Waals surface area contributed by atoms with Crippen molar-refractivity contribution in [3.63, 3.8) is 0 Å². The van der Waals surface area contributed by atoms with Crippen LogP contribution < -0.4 is 5.32 Å². The molecule has 90 valence electrons. The quantitative estimate of drug-likeness (QED) is 0.826. The first-order chi connectivity index (χ1) is 7.43. The lowest BCUT2D eigenvalue weighted by atomic mass is 10.1. The molecule has 1 unspecified atom stereocenters. The third-order valence-corrected chi connectivity index (χ3v) is 3.56. The van der Waals surface area contributed by atoms with E-state index in [1.165, 1.54) is 0 Å². The van der Waals surface area contributed by atoms with Gasteiger partial charge in [0, 0.05) is 12.6 Å². The van der Waals surface area contributed by atoms with Crippen LogP contribution in [0.5, 0.6) is 0 Å². The molecule has 0 aromatic heterocycles. The molecule has 0 bridgehead atoms. The van der Waals surface area contributed by atoms with Gasteiger partial charge in [0.15, 0.2) is 0 Å². The van der Waals surface area contributed by atoms with E-state index in [1.54, 1.807) is 13.0 Å². The number of nitrogens with one attached hydrogen (secondary N) is 1. The third kappa shape index (κ3) is 3.51. The van der Waals surface area contributed by atoms with Gasteiger partial charge in [0.1, 0.15) is 0 Å². The predicted molar refractivity (Wildman–Crippen MR) is 69.6 cm³/mol. The molecule has 1 aromatic carbocycles. The highest BCUT2D eigenvalue weighted by Gasteiger charge is 2.14. The molecule has 5 heteroatoms. The Balaban J connectivity index is 2.84. The van der Waals surface area contributed by atoms with E-state index in [2.05, 4.69) is 5.32 Å². The van der Waals surface area contributed by atoms with Gasteiger partial charge in [-0.3, -0.25) is 0 Å². The van der Waals surface area contributed by atoms with Crippen LogP contribution in [0.25, 0.3) is 0 Å². The zero-order valence-electron chi connectivity index (χ0n) is 9.10. The Kier molecular flexibility index (Phi) is 5.35. The summed E-state index contributed by atoms with van der Waals surface area (Å²) in [5.74, 6) is 0. The van der Waals surface area contributed by atoms with Gasteiger partial charge in [-0.2, -0.15) is 0 Å². The lowest BCUT2D eigenvalue weighted by Gasteiger charge is -2.17. The molecule has 2 atom stereocenters. The molecule has 0 aliphatic carbocycles.